The van der Waals surface area contributed by atoms with Crippen molar-refractivity contribution < 1.29 is 0 Å². The van der Waals surface area contributed by atoms with Crippen LogP contribution >= 0.6 is 0 Å². The Hall–Kier alpha value is -0.0800. The predicted octanol–water partition coefficient (Wildman–Crippen LogP) is 2.99. The monoisotopic (exact) mass is 240 g/mol. The van der Waals surface area contributed by atoms with Gasteiger partial charge < -0.3 is 10.2 Å². The predicted molar refractivity (Wildman–Crippen MR) is 76.3 cm³/mol. The molecule has 1 heterocycles. The van der Waals surface area contributed by atoms with Crippen LogP contribution in [0.25, 0.3) is 0 Å². The highest BCUT2D eigenvalue weighted by Gasteiger charge is 2.17. The number of hydrogen-bond donors (Lipinski definition) is 1. The van der Waals surface area contributed by atoms with Gasteiger partial charge in [-0.2, -0.15) is 0 Å². The van der Waals surface area contributed by atoms with Crippen LogP contribution in [0.5, 0.6) is 0 Å². The van der Waals surface area contributed by atoms with Crippen molar-refractivity contribution in [3.63, 3.8) is 0 Å². The van der Waals surface area contributed by atoms with Gasteiger partial charge in [0, 0.05) is 0 Å². The van der Waals surface area contributed by atoms with Crippen molar-refractivity contribution in [1.82, 2.24) is 10.2 Å². The molecule has 0 amide bonds. The summed E-state index contributed by atoms with van der Waals surface area (Å²) < 4.78 is 0. The van der Waals surface area contributed by atoms with Crippen molar-refractivity contribution in [3.8, 4) is 0 Å². The lowest BCUT2D eigenvalue weighted by Gasteiger charge is -2.31. The molecule has 0 bridgehead atoms. The minimum Gasteiger partial charge on any atom is -0.316 e. The van der Waals surface area contributed by atoms with Crippen molar-refractivity contribution in [1.29, 1.82) is 0 Å². The van der Waals surface area contributed by atoms with Crippen molar-refractivity contribution in [2.45, 2.75) is 47.0 Å². The molecule has 1 rings (SSSR count). The van der Waals surface area contributed by atoms with E-state index >= 15 is 0 Å². The van der Waals surface area contributed by atoms with Gasteiger partial charge in [-0.25, -0.2) is 0 Å². The highest BCUT2D eigenvalue weighted by Crippen LogP contribution is 2.12. The third-order valence-electron chi connectivity index (χ3n) is 3.76. The van der Waals surface area contributed by atoms with Crippen LogP contribution in [0.4, 0.5) is 0 Å². The molecule has 0 saturated carbocycles. The van der Waals surface area contributed by atoms with E-state index in [4.69, 9.17) is 0 Å². The fourth-order valence-corrected chi connectivity index (χ4v) is 2.13. The lowest BCUT2D eigenvalue weighted by Crippen LogP contribution is -2.44. The molecule has 0 unspecified atom stereocenters. The summed E-state index contributed by atoms with van der Waals surface area (Å²) in [5.41, 5.74) is 0. The van der Waals surface area contributed by atoms with Gasteiger partial charge in [-0.3, -0.25) is 0 Å². The van der Waals surface area contributed by atoms with Crippen LogP contribution in [0, 0.1) is 17.8 Å². The van der Waals surface area contributed by atoms with E-state index in [1.54, 1.807) is 0 Å². The van der Waals surface area contributed by atoms with Crippen LogP contribution in [0.2, 0.25) is 0 Å². The molecular formula is C15H32N2. The van der Waals surface area contributed by atoms with Crippen molar-refractivity contribution >= 4 is 0 Å². The van der Waals surface area contributed by atoms with Gasteiger partial charge in [0.1, 0.15) is 0 Å². The Labute approximate surface area is 108 Å². The van der Waals surface area contributed by atoms with E-state index in [0.717, 1.165) is 17.8 Å². The zero-order chi connectivity index (χ0) is 12.7. The van der Waals surface area contributed by atoms with Crippen LogP contribution in [-0.2, 0) is 0 Å². The van der Waals surface area contributed by atoms with Gasteiger partial charge in [-0.05, 0) is 69.7 Å². The first-order chi connectivity index (χ1) is 8.08. The number of rotatable bonds is 9. The summed E-state index contributed by atoms with van der Waals surface area (Å²) >= 11 is 0. The topological polar surface area (TPSA) is 15.3 Å². The minimum absolute atomic E-state index is 0.835. The van der Waals surface area contributed by atoms with Crippen molar-refractivity contribution in [2.24, 2.45) is 17.8 Å². The molecular weight excluding hydrogens is 208 g/mol. The molecule has 1 aliphatic rings. The molecule has 17 heavy (non-hydrogen) atoms. The van der Waals surface area contributed by atoms with Gasteiger partial charge in [0.15, 0.2) is 0 Å². The lowest BCUT2D eigenvalue weighted by molar-refractivity contribution is 0.208. The fraction of sp³-hybridized carbons (Fsp3) is 1.00. The average Bonchev–Trinajstić information content (AvgIpc) is 2.18. The molecule has 0 radical (unpaired) electrons. The SMILES string of the molecule is CC(C)CCN(CCC(C)C)CCC1CNC1. The van der Waals surface area contributed by atoms with E-state index in [-0.39, 0.29) is 0 Å². The van der Waals surface area contributed by atoms with E-state index in [0.29, 0.717) is 0 Å². The zero-order valence-electron chi connectivity index (χ0n) is 12.3. The molecule has 0 atom stereocenters. The maximum absolute atomic E-state index is 3.37. The normalized spacial score (nSPS) is 17.1. The Bertz CT molecular complexity index is 173. The van der Waals surface area contributed by atoms with Crippen LogP contribution in [0.15, 0.2) is 0 Å². The van der Waals surface area contributed by atoms with Gasteiger partial charge in [-0.1, -0.05) is 27.7 Å². The number of hydrogen-bond acceptors (Lipinski definition) is 2. The van der Waals surface area contributed by atoms with Gasteiger partial charge in [0.25, 0.3) is 0 Å². The van der Waals surface area contributed by atoms with Crippen LogP contribution in [0.1, 0.15) is 47.0 Å². The second kappa shape index (κ2) is 8.10. The van der Waals surface area contributed by atoms with E-state index < -0.39 is 0 Å². The summed E-state index contributed by atoms with van der Waals surface area (Å²) in [6.45, 7) is 15.7. The highest BCUT2D eigenvalue weighted by molar-refractivity contribution is 4.76. The maximum atomic E-state index is 3.37. The Morgan fingerprint density at radius 1 is 0.941 bits per heavy atom. The summed E-state index contributed by atoms with van der Waals surface area (Å²) in [6.07, 6.45) is 4.09. The standard InChI is InChI=1S/C15H32N2/c1-13(2)5-8-17(9-6-14(3)4)10-7-15-11-16-12-15/h13-16H,5-12H2,1-4H3. The molecule has 102 valence electrons. The van der Waals surface area contributed by atoms with E-state index in [9.17, 15) is 0 Å². The Morgan fingerprint density at radius 2 is 1.47 bits per heavy atom. The van der Waals surface area contributed by atoms with Gasteiger partial charge in [0.2, 0.25) is 0 Å². The van der Waals surface area contributed by atoms with E-state index in [1.807, 2.05) is 0 Å². The largest absolute Gasteiger partial charge is 0.316 e. The first-order valence-electron chi connectivity index (χ1n) is 7.51. The summed E-state index contributed by atoms with van der Waals surface area (Å²) in [4.78, 5) is 2.69. The minimum atomic E-state index is 0.835. The molecule has 2 heteroatoms. The average molecular weight is 240 g/mol. The zero-order valence-corrected chi connectivity index (χ0v) is 12.3. The smallest absolute Gasteiger partial charge is 0.000778 e. The summed E-state index contributed by atoms with van der Waals surface area (Å²) in [5, 5.41) is 3.37. The second-order valence-electron chi connectivity index (χ2n) is 6.52. The molecule has 0 aromatic rings. The van der Waals surface area contributed by atoms with Crippen LogP contribution in [-0.4, -0.2) is 37.6 Å². The Balaban J connectivity index is 2.18. The molecule has 0 aromatic heterocycles. The first-order valence-corrected chi connectivity index (χ1v) is 7.51. The third-order valence-corrected chi connectivity index (χ3v) is 3.76. The summed E-state index contributed by atoms with van der Waals surface area (Å²) in [5.74, 6) is 2.62. The number of nitrogens with one attached hydrogen (secondary N) is 1. The molecule has 0 aliphatic carbocycles. The lowest BCUT2D eigenvalue weighted by atomic mass is 9.99. The van der Waals surface area contributed by atoms with Gasteiger partial charge >= 0.3 is 0 Å². The fourth-order valence-electron chi connectivity index (χ4n) is 2.13. The second-order valence-corrected chi connectivity index (χ2v) is 6.52. The maximum Gasteiger partial charge on any atom is -0.000778 e. The van der Waals surface area contributed by atoms with Crippen molar-refractivity contribution in [2.75, 3.05) is 32.7 Å². The summed E-state index contributed by atoms with van der Waals surface area (Å²) in [6, 6.07) is 0. The van der Waals surface area contributed by atoms with Gasteiger partial charge in [-0.15, -0.1) is 0 Å². The highest BCUT2D eigenvalue weighted by atomic mass is 15.1. The summed E-state index contributed by atoms with van der Waals surface area (Å²) in [7, 11) is 0. The number of nitrogens with zero attached hydrogens (tertiary/aromatic N) is 1. The quantitative estimate of drug-likeness (QED) is 0.666. The molecule has 0 aromatic carbocycles. The molecule has 1 N–H and O–H groups in total. The van der Waals surface area contributed by atoms with Crippen LogP contribution in [0.3, 0.4) is 0 Å². The molecule has 1 saturated heterocycles. The van der Waals surface area contributed by atoms with Gasteiger partial charge in [0.05, 0.1) is 0 Å². The molecule has 1 fully saturated rings. The van der Waals surface area contributed by atoms with E-state index in [1.165, 1.54) is 52.0 Å². The molecule has 1 aliphatic heterocycles. The third kappa shape index (κ3) is 7.05. The van der Waals surface area contributed by atoms with E-state index in [2.05, 4.69) is 37.9 Å². The Kier molecular flexibility index (Phi) is 7.14. The molecule has 2 nitrogen and oxygen atoms in total. The van der Waals surface area contributed by atoms with Crippen molar-refractivity contribution in [3.05, 3.63) is 0 Å². The Morgan fingerprint density at radius 3 is 1.82 bits per heavy atom. The first kappa shape index (κ1) is 15.0. The van der Waals surface area contributed by atoms with Crippen LogP contribution < -0.4 is 5.32 Å². The molecule has 0 spiro atoms.